The van der Waals surface area contributed by atoms with Gasteiger partial charge in [0, 0.05) is 37.3 Å². The minimum Gasteiger partial charge on any atom is -0.378 e. The Bertz CT molecular complexity index is 1100. The summed E-state index contributed by atoms with van der Waals surface area (Å²) >= 11 is 0. The number of H-pyrrole nitrogens is 1. The van der Waals surface area contributed by atoms with Gasteiger partial charge in [-0.25, -0.2) is 4.98 Å². The van der Waals surface area contributed by atoms with Gasteiger partial charge in [0.05, 0.1) is 24.1 Å². The lowest BCUT2D eigenvalue weighted by atomic mass is 10.1. The molecular formula is C23H26N4O3. The van der Waals surface area contributed by atoms with Gasteiger partial charge in [-0.1, -0.05) is 12.1 Å². The summed E-state index contributed by atoms with van der Waals surface area (Å²) in [5, 5.41) is 3.57. The quantitative estimate of drug-likeness (QED) is 0.657. The molecule has 0 bridgehead atoms. The molecular weight excluding hydrogens is 380 g/mol. The summed E-state index contributed by atoms with van der Waals surface area (Å²) in [5.41, 5.74) is 3.55. The number of aromatic nitrogens is 2. The molecule has 4 rings (SSSR count). The van der Waals surface area contributed by atoms with Crippen molar-refractivity contribution in [3.63, 3.8) is 0 Å². The average Bonchev–Trinajstić information content (AvgIpc) is 2.76. The van der Waals surface area contributed by atoms with Crippen LogP contribution in [0.1, 0.15) is 24.2 Å². The maximum atomic E-state index is 12.4. The first-order valence-corrected chi connectivity index (χ1v) is 10.3. The first-order chi connectivity index (χ1) is 14.6. The number of nitrogens with one attached hydrogen (secondary N) is 2. The van der Waals surface area contributed by atoms with Gasteiger partial charge in [-0.3, -0.25) is 9.59 Å². The predicted octanol–water partition coefficient (Wildman–Crippen LogP) is 3.03. The summed E-state index contributed by atoms with van der Waals surface area (Å²) in [7, 11) is 0. The van der Waals surface area contributed by atoms with Crippen molar-refractivity contribution >= 4 is 28.2 Å². The van der Waals surface area contributed by atoms with Crippen LogP contribution in [0.2, 0.25) is 0 Å². The topological polar surface area (TPSA) is 87.3 Å². The molecule has 3 aromatic rings. The summed E-state index contributed by atoms with van der Waals surface area (Å²) in [6.45, 7) is 5.26. The van der Waals surface area contributed by atoms with E-state index in [2.05, 4.69) is 26.3 Å². The number of hydrogen-bond donors (Lipinski definition) is 2. The minimum absolute atomic E-state index is 0.0413. The fourth-order valence-corrected chi connectivity index (χ4v) is 3.69. The van der Waals surface area contributed by atoms with E-state index in [-0.39, 0.29) is 11.5 Å². The van der Waals surface area contributed by atoms with E-state index < -0.39 is 0 Å². The minimum atomic E-state index is -0.143. The number of anilines is 2. The predicted molar refractivity (Wildman–Crippen MR) is 118 cm³/mol. The third kappa shape index (κ3) is 4.68. The normalized spacial score (nSPS) is 14.1. The summed E-state index contributed by atoms with van der Waals surface area (Å²) in [6, 6.07) is 13.4. The van der Waals surface area contributed by atoms with Crippen LogP contribution in [0.25, 0.3) is 10.9 Å². The Morgan fingerprint density at radius 2 is 2.00 bits per heavy atom. The molecule has 0 radical (unpaired) electrons. The Hall–Kier alpha value is -3.19. The zero-order chi connectivity index (χ0) is 20.9. The van der Waals surface area contributed by atoms with E-state index in [9.17, 15) is 9.59 Å². The second-order valence-electron chi connectivity index (χ2n) is 7.53. The van der Waals surface area contributed by atoms with E-state index in [0.29, 0.717) is 36.0 Å². The molecule has 1 aliphatic rings. The smallest absolute Gasteiger partial charge is 0.258 e. The van der Waals surface area contributed by atoms with E-state index >= 15 is 0 Å². The number of aromatic amines is 1. The van der Waals surface area contributed by atoms with Crippen molar-refractivity contribution in [1.82, 2.24) is 9.97 Å². The van der Waals surface area contributed by atoms with Crippen molar-refractivity contribution in [2.24, 2.45) is 0 Å². The van der Waals surface area contributed by atoms with E-state index in [1.165, 1.54) is 0 Å². The van der Waals surface area contributed by atoms with E-state index in [1.807, 2.05) is 37.3 Å². The van der Waals surface area contributed by atoms with Gasteiger partial charge < -0.3 is 19.9 Å². The molecule has 1 saturated heterocycles. The molecule has 30 heavy (non-hydrogen) atoms. The number of hydrogen-bond acceptors (Lipinski definition) is 5. The molecule has 1 fully saturated rings. The van der Waals surface area contributed by atoms with Crippen molar-refractivity contribution in [3.8, 4) is 0 Å². The maximum Gasteiger partial charge on any atom is 0.258 e. The van der Waals surface area contributed by atoms with Crippen LogP contribution in [-0.2, 0) is 16.0 Å². The largest absolute Gasteiger partial charge is 0.378 e. The Balaban J connectivity index is 1.32. The van der Waals surface area contributed by atoms with Crippen LogP contribution in [0.4, 0.5) is 11.4 Å². The number of rotatable bonds is 6. The molecule has 7 heteroatoms. The number of amides is 1. The maximum absolute atomic E-state index is 12.4. The lowest BCUT2D eigenvalue weighted by Crippen LogP contribution is -2.36. The average molecular weight is 406 g/mol. The number of aryl methyl sites for hydroxylation is 2. The highest BCUT2D eigenvalue weighted by Crippen LogP contribution is 2.23. The van der Waals surface area contributed by atoms with Crippen LogP contribution >= 0.6 is 0 Å². The van der Waals surface area contributed by atoms with E-state index in [1.54, 1.807) is 6.07 Å². The summed E-state index contributed by atoms with van der Waals surface area (Å²) < 4.78 is 5.40. The number of carbonyl (C=O) groups is 1. The monoisotopic (exact) mass is 406 g/mol. The molecule has 1 aliphatic heterocycles. The van der Waals surface area contributed by atoms with Gasteiger partial charge in [-0.05, 0) is 49.2 Å². The van der Waals surface area contributed by atoms with Crippen molar-refractivity contribution in [1.29, 1.82) is 0 Å². The third-order valence-corrected chi connectivity index (χ3v) is 5.34. The van der Waals surface area contributed by atoms with Gasteiger partial charge in [0.2, 0.25) is 5.91 Å². The number of carbonyl (C=O) groups excluding carboxylic acids is 1. The molecule has 0 atom stereocenters. The molecule has 1 aromatic heterocycles. The molecule has 7 nitrogen and oxygen atoms in total. The molecule has 0 spiro atoms. The molecule has 0 saturated carbocycles. The van der Waals surface area contributed by atoms with Crippen LogP contribution in [0, 0.1) is 6.92 Å². The van der Waals surface area contributed by atoms with Crippen molar-refractivity contribution in [2.45, 2.75) is 26.2 Å². The van der Waals surface area contributed by atoms with Crippen LogP contribution in [-0.4, -0.2) is 42.2 Å². The number of fused-ring (bicyclic) bond motifs is 1. The van der Waals surface area contributed by atoms with Crippen LogP contribution < -0.4 is 15.8 Å². The van der Waals surface area contributed by atoms with Gasteiger partial charge in [0.25, 0.3) is 5.56 Å². The Labute approximate surface area is 175 Å². The van der Waals surface area contributed by atoms with Gasteiger partial charge >= 0.3 is 0 Å². The summed E-state index contributed by atoms with van der Waals surface area (Å²) in [4.78, 5) is 34.1. The molecule has 2 heterocycles. The Morgan fingerprint density at radius 1 is 1.20 bits per heavy atom. The number of para-hydroxylation sites is 1. The Morgan fingerprint density at radius 3 is 2.80 bits per heavy atom. The highest BCUT2D eigenvalue weighted by molar-refractivity contribution is 5.91. The highest BCUT2D eigenvalue weighted by Gasteiger charge is 2.13. The van der Waals surface area contributed by atoms with Gasteiger partial charge in [0.15, 0.2) is 0 Å². The van der Waals surface area contributed by atoms with Crippen molar-refractivity contribution in [2.75, 3.05) is 36.5 Å². The van der Waals surface area contributed by atoms with Crippen LogP contribution in [0.3, 0.4) is 0 Å². The fourth-order valence-electron chi connectivity index (χ4n) is 3.69. The zero-order valence-corrected chi connectivity index (χ0v) is 17.1. The zero-order valence-electron chi connectivity index (χ0n) is 17.1. The molecule has 0 aliphatic carbocycles. The first kappa shape index (κ1) is 20.1. The van der Waals surface area contributed by atoms with Crippen molar-refractivity contribution < 1.29 is 9.53 Å². The SMILES string of the molecule is Cc1cc(N2CCOCC2)ccc1NC(=O)CCCc1nc2ccccc2c(=O)[nH]1. The van der Waals surface area contributed by atoms with E-state index in [4.69, 9.17) is 4.74 Å². The third-order valence-electron chi connectivity index (χ3n) is 5.34. The lowest BCUT2D eigenvalue weighted by Gasteiger charge is -2.29. The standard InChI is InChI=1S/C23H26N4O3/c1-16-15-17(27-11-13-30-14-12-27)9-10-19(16)25-22(28)8-4-7-21-24-20-6-3-2-5-18(20)23(29)26-21/h2-3,5-6,9-10,15H,4,7-8,11-14H2,1H3,(H,25,28)(H,24,26,29). The molecule has 0 unspecified atom stereocenters. The number of nitrogens with zero attached hydrogens (tertiary/aromatic N) is 2. The van der Waals surface area contributed by atoms with Crippen LogP contribution in [0.5, 0.6) is 0 Å². The molecule has 2 aromatic carbocycles. The molecule has 156 valence electrons. The highest BCUT2D eigenvalue weighted by atomic mass is 16.5. The Kier molecular flexibility index (Phi) is 6.09. The van der Waals surface area contributed by atoms with E-state index in [0.717, 1.165) is 43.2 Å². The number of benzene rings is 2. The lowest BCUT2D eigenvalue weighted by molar-refractivity contribution is -0.116. The number of morpholine rings is 1. The second kappa shape index (κ2) is 9.09. The number of ether oxygens (including phenoxy) is 1. The van der Waals surface area contributed by atoms with Gasteiger partial charge in [-0.15, -0.1) is 0 Å². The summed E-state index contributed by atoms with van der Waals surface area (Å²) in [5.74, 6) is 0.568. The summed E-state index contributed by atoms with van der Waals surface area (Å²) in [6.07, 6.45) is 1.52. The van der Waals surface area contributed by atoms with Crippen LogP contribution in [0.15, 0.2) is 47.3 Å². The molecule has 1 amide bonds. The second-order valence-corrected chi connectivity index (χ2v) is 7.53. The van der Waals surface area contributed by atoms with Gasteiger partial charge in [-0.2, -0.15) is 0 Å². The first-order valence-electron chi connectivity index (χ1n) is 10.3. The fraction of sp³-hybridized carbons (Fsp3) is 0.348. The van der Waals surface area contributed by atoms with Crippen molar-refractivity contribution in [3.05, 3.63) is 64.2 Å². The molecule has 2 N–H and O–H groups in total. The van der Waals surface area contributed by atoms with Gasteiger partial charge in [0.1, 0.15) is 5.82 Å².